The van der Waals surface area contributed by atoms with Gasteiger partial charge >= 0.3 is 0 Å². The predicted octanol–water partition coefficient (Wildman–Crippen LogP) is 3.03. The fraction of sp³-hybridized carbons (Fsp3) is 0.333. The summed E-state index contributed by atoms with van der Waals surface area (Å²) in [6, 6.07) is 8.11. The summed E-state index contributed by atoms with van der Waals surface area (Å²) in [4.78, 5) is 8.57. The zero-order chi connectivity index (χ0) is 13.2. The highest BCUT2D eigenvalue weighted by molar-refractivity contribution is 5.68. The Morgan fingerprint density at radius 1 is 1.16 bits per heavy atom. The average Bonchev–Trinajstić information content (AvgIpc) is 3.24. The average molecular weight is 255 g/mol. The number of benzene rings is 1. The molecule has 0 amide bonds. The monoisotopic (exact) mass is 255 g/mol. The Balaban J connectivity index is 1.88. The maximum Gasteiger partial charge on any atom is 0.132 e. The molecule has 2 aromatic rings. The highest BCUT2D eigenvalue weighted by atomic mass is 16.5. The molecule has 0 bridgehead atoms. The fourth-order valence-corrected chi connectivity index (χ4v) is 2.06. The van der Waals surface area contributed by atoms with E-state index in [1.54, 1.807) is 6.33 Å². The third kappa shape index (κ3) is 2.52. The quantitative estimate of drug-likeness (QED) is 0.912. The van der Waals surface area contributed by atoms with Crippen LogP contribution in [0.15, 0.2) is 30.6 Å². The van der Waals surface area contributed by atoms with Crippen LogP contribution in [0, 0.1) is 6.92 Å². The van der Waals surface area contributed by atoms with E-state index in [1.807, 2.05) is 38.2 Å². The van der Waals surface area contributed by atoms with Crippen LogP contribution in [0.2, 0.25) is 0 Å². The van der Waals surface area contributed by atoms with Gasteiger partial charge in [0, 0.05) is 18.2 Å². The lowest BCUT2D eigenvalue weighted by Crippen LogP contribution is -1.99. The van der Waals surface area contributed by atoms with E-state index in [0.29, 0.717) is 6.10 Å². The predicted molar refractivity (Wildman–Crippen MR) is 75.4 cm³/mol. The zero-order valence-corrected chi connectivity index (χ0v) is 11.2. The largest absolute Gasteiger partial charge is 0.490 e. The molecular formula is C15H17N3O. The van der Waals surface area contributed by atoms with Crippen molar-refractivity contribution in [2.45, 2.75) is 25.9 Å². The molecule has 1 fully saturated rings. The van der Waals surface area contributed by atoms with Gasteiger partial charge in [0.25, 0.3) is 0 Å². The molecule has 0 spiro atoms. The number of ether oxygens (including phenoxy) is 1. The van der Waals surface area contributed by atoms with E-state index < -0.39 is 0 Å². The Labute approximate surface area is 112 Å². The number of hydrogen-bond donors (Lipinski definition) is 1. The summed E-state index contributed by atoms with van der Waals surface area (Å²) < 4.78 is 5.75. The maximum absolute atomic E-state index is 5.75. The lowest BCUT2D eigenvalue weighted by atomic mass is 10.1. The number of hydrogen-bond acceptors (Lipinski definition) is 4. The molecule has 1 aromatic carbocycles. The summed E-state index contributed by atoms with van der Waals surface area (Å²) in [7, 11) is 1.87. The highest BCUT2D eigenvalue weighted by Gasteiger charge is 2.23. The van der Waals surface area contributed by atoms with Crippen LogP contribution in [0.3, 0.4) is 0 Å². The van der Waals surface area contributed by atoms with E-state index in [2.05, 4.69) is 15.3 Å². The molecule has 3 rings (SSSR count). The second kappa shape index (κ2) is 4.88. The molecular weight excluding hydrogens is 238 g/mol. The first-order valence-corrected chi connectivity index (χ1v) is 6.54. The molecule has 0 saturated heterocycles. The van der Waals surface area contributed by atoms with E-state index >= 15 is 0 Å². The molecule has 19 heavy (non-hydrogen) atoms. The van der Waals surface area contributed by atoms with Crippen LogP contribution in [0.1, 0.15) is 18.4 Å². The molecule has 98 valence electrons. The van der Waals surface area contributed by atoms with Crippen LogP contribution in [0.4, 0.5) is 5.82 Å². The van der Waals surface area contributed by atoms with Crippen LogP contribution < -0.4 is 10.1 Å². The van der Waals surface area contributed by atoms with Gasteiger partial charge in [-0.25, -0.2) is 9.97 Å². The standard InChI is InChI=1S/C15H17N3O/c1-10-14(17-9-18-15(10)16-2)11-3-5-12(6-4-11)19-13-7-8-13/h3-6,9,13H,7-8H2,1-2H3,(H,16,17,18). The van der Waals surface area contributed by atoms with E-state index in [4.69, 9.17) is 4.74 Å². The van der Waals surface area contributed by atoms with Gasteiger partial charge in [0.2, 0.25) is 0 Å². The van der Waals surface area contributed by atoms with Crippen LogP contribution in [0.25, 0.3) is 11.3 Å². The van der Waals surface area contributed by atoms with Gasteiger partial charge in [-0.2, -0.15) is 0 Å². The van der Waals surface area contributed by atoms with Crippen LogP contribution >= 0.6 is 0 Å². The highest BCUT2D eigenvalue weighted by Crippen LogP contribution is 2.29. The minimum atomic E-state index is 0.433. The number of nitrogens with zero attached hydrogens (tertiary/aromatic N) is 2. The van der Waals surface area contributed by atoms with Crippen LogP contribution in [-0.2, 0) is 0 Å². The molecule has 0 radical (unpaired) electrons. The zero-order valence-electron chi connectivity index (χ0n) is 11.2. The Bertz CT molecular complexity index is 576. The van der Waals surface area contributed by atoms with Crippen molar-refractivity contribution in [3.63, 3.8) is 0 Å². The lowest BCUT2D eigenvalue weighted by Gasteiger charge is -2.10. The Morgan fingerprint density at radius 2 is 1.89 bits per heavy atom. The Hall–Kier alpha value is -2.10. The minimum absolute atomic E-state index is 0.433. The van der Waals surface area contributed by atoms with Crippen molar-refractivity contribution in [2.75, 3.05) is 12.4 Å². The van der Waals surface area contributed by atoms with E-state index in [1.165, 1.54) is 12.8 Å². The van der Waals surface area contributed by atoms with Crippen molar-refractivity contribution in [3.05, 3.63) is 36.2 Å². The van der Waals surface area contributed by atoms with Gasteiger partial charge in [-0.1, -0.05) is 0 Å². The molecule has 1 saturated carbocycles. The van der Waals surface area contributed by atoms with E-state index in [-0.39, 0.29) is 0 Å². The summed E-state index contributed by atoms with van der Waals surface area (Å²) in [6.45, 7) is 2.02. The lowest BCUT2D eigenvalue weighted by molar-refractivity contribution is 0.303. The van der Waals surface area contributed by atoms with Crippen molar-refractivity contribution in [1.29, 1.82) is 0 Å². The third-order valence-corrected chi connectivity index (χ3v) is 3.28. The second-order valence-corrected chi connectivity index (χ2v) is 4.79. The molecule has 4 nitrogen and oxygen atoms in total. The second-order valence-electron chi connectivity index (χ2n) is 4.79. The summed E-state index contributed by atoms with van der Waals surface area (Å²) in [5.74, 6) is 1.80. The number of aromatic nitrogens is 2. The number of rotatable bonds is 4. The maximum atomic E-state index is 5.75. The third-order valence-electron chi connectivity index (χ3n) is 3.28. The molecule has 4 heteroatoms. The van der Waals surface area contributed by atoms with E-state index in [9.17, 15) is 0 Å². The number of anilines is 1. The smallest absolute Gasteiger partial charge is 0.132 e. The van der Waals surface area contributed by atoms with Crippen molar-refractivity contribution < 1.29 is 4.74 Å². The van der Waals surface area contributed by atoms with Gasteiger partial charge in [0.15, 0.2) is 0 Å². The number of nitrogens with one attached hydrogen (secondary N) is 1. The normalized spacial score (nSPS) is 14.2. The molecule has 1 aliphatic carbocycles. The first-order valence-electron chi connectivity index (χ1n) is 6.54. The SMILES string of the molecule is CNc1ncnc(-c2ccc(OC3CC3)cc2)c1C. The Kier molecular flexibility index (Phi) is 3.07. The van der Waals surface area contributed by atoms with Gasteiger partial charge in [0.1, 0.15) is 17.9 Å². The van der Waals surface area contributed by atoms with Crippen molar-refractivity contribution in [1.82, 2.24) is 9.97 Å². The van der Waals surface area contributed by atoms with Gasteiger partial charge in [0.05, 0.1) is 11.8 Å². The van der Waals surface area contributed by atoms with Gasteiger partial charge < -0.3 is 10.1 Å². The van der Waals surface area contributed by atoms with Crippen molar-refractivity contribution >= 4 is 5.82 Å². The van der Waals surface area contributed by atoms with Crippen LogP contribution in [-0.4, -0.2) is 23.1 Å². The minimum Gasteiger partial charge on any atom is -0.490 e. The van der Waals surface area contributed by atoms with Gasteiger partial charge in [-0.05, 0) is 44.0 Å². The first kappa shape index (κ1) is 12.0. The van der Waals surface area contributed by atoms with Crippen molar-refractivity contribution in [3.8, 4) is 17.0 Å². The van der Waals surface area contributed by atoms with Crippen molar-refractivity contribution in [2.24, 2.45) is 0 Å². The molecule has 1 aromatic heterocycles. The fourth-order valence-electron chi connectivity index (χ4n) is 2.06. The molecule has 1 heterocycles. The molecule has 1 N–H and O–H groups in total. The summed E-state index contributed by atoms with van der Waals surface area (Å²) >= 11 is 0. The Morgan fingerprint density at radius 3 is 2.53 bits per heavy atom. The molecule has 0 atom stereocenters. The summed E-state index contributed by atoms with van der Waals surface area (Å²) in [5, 5.41) is 3.08. The first-order chi connectivity index (χ1) is 9.28. The topological polar surface area (TPSA) is 47.0 Å². The molecule has 0 aliphatic heterocycles. The van der Waals surface area contributed by atoms with E-state index in [0.717, 1.165) is 28.4 Å². The molecule has 1 aliphatic rings. The summed E-state index contributed by atoms with van der Waals surface area (Å²) in [5.41, 5.74) is 3.10. The molecule has 0 unspecified atom stereocenters. The van der Waals surface area contributed by atoms with Crippen LogP contribution in [0.5, 0.6) is 5.75 Å². The van der Waals surface area contributed by atoms with Gasteiger partial charge in [-0.15, -0.1) is 0 Å². The summed E-state index contributed by atoms with van der Waals surface area (Å²) in [6.07, 6.45) is 4.38. The van der Waals surface area contributed by atoms with Gasteiger partial charge in [-0.3, -0.25) is 0 Å².